The monoisotopic (exact) mass is 562 g/mol. The summed E-state index contributed by atoms with van der Waals surface area (Å²) in [5, 5.41) is 9.54. The number of hydrogen-bond donors (Lipinski definition) is 1. The molecule has 0 bridgehead atoms. The first-order valence-corrected chi connectivity index (χ1v) is 14.3. The molecule has 2 aromatic rings. The lowest BCUT2D eigenvalue weighted by Crippen LogP contribution is -2.40. The second-order valence-corrected chi connectivity index (χ2v) is 10.8. The molecule has 1 saturated carbocycles. The van der Waals surface area contributed by atoms with E-state index < -0.39 is 29.6 Å². The van der Waals surface area contributed by atoms with Gasteiger partial charge < -0.3 is 14.7 Å². The summed E-state index contributed by atoms with van der Waals surface area (Å²) >= 11 is 5.78. The molecule has 3 fully saturated rings. The molecule has 2 aromatic carbocycles. The number of ether oxygens (including phenoxy) is 1. The molecule has 0 aromatic heterocycles. The van der Waals surface area contributed by atoms with E-state index in [-0.39, 0.29) is 16.5 Å². The predicted octanol–water partition coefficient (Wildman–Crippen LogP) is 6.50. The molecule has 1 aliphatic carbocycles. The Morgan fingerprint density at radius 1 is 1.00 bits per heavy atom. The molecule has 0 radical (unpaired) electrons. The first kappa shape index (κ1) is 29.3. The minimum Gasteiger partial charge on any atom is -0.493 e. The minimum atomic E-state index is -1.06. The second kappa shape index (κ2) is 13.1. The molecule has 1 amide bonds. The van der Waals surface area contributed by atoms with E-state index in [1.165, 1.54) is 17.0 Å². The average Bonchev–Trinajstić information content (AvgIpc) is 3.65. The van der Waals surface area contributed by atoms with Crippen LogP contribution in [0.3, 0.4) is 0 Å². The Morgan fingerprint density at radius 2 is 1.72 bits per heavy atom. The molecular weight excluding hydrogens is 526 g/mol. The highest BCUT2D eigenvalue weighted by molar-refractivity contribution is 6.30. The quantitative estimate of drug-likeness (QED) is 0.397. The van der Waals surface area contributed by atoms with Gasteiger partial charge in [0, 0.05) is 19.2 Å². The van der Waals surface area contributed by atoms with E-state index in [1.807, 2.05) is 19.9 Å². The number of hydrogen-bond acceptors (Lipinski definition) is 4. The molecule has 1 atom stereocenters. The van der Waals surface area contributed by atoms with Crippen LogP contribution in [0.25, 0.3) is 0 Å². The third kappa shape index (κ3) is 7.09. The summed E-state index contributed by atoms with van der Waals surface area (Å²) < 4.78 is 35.0. The maximum absolute atomic E-state index is 15.1. The van der Waals surface area contributed by atoms with Gasteiger partial charge in [-0.15, -0.1) is 0 Å². The predicted molar refractivity (Wildman–Crippen MR) is 146 cm³/mol. The van der Waals surface area contributed by atoms with Gasteiger partial charge in [-0.1, -0.05) is 31.5 Å². The van der Waals surface area contributed by atoms with Gasteiger partial charge in [-0.05, 0) is 92.8 Å². The summed E-state index contributed by atoms with van der Waals surface area (Å²) in [6.45, 7) is 7.15. The summed E-state index contributed by atoms with van der Waals surface area (Å²) in [5.41, 5.74) is 1.65. The van der Waals surface area contributed by atoms with Crippen LogP contribution in [0.2, 0.25) is 5.02 Å². The molecule has 6 nitrogen and oxygen atoms in total. The summed E-state index contributed by atoms with van der Waals surface area (Å²) in [6.07, 6.45) is 4.73. The van der Waals surface area contributed by atoms with Gasteiger partial charge in [0.1, 0.15) is 23.4 Å². The Kier molecular flexibility index (Phi) is 9.83. The molecule has 2 aliphatic heterocycles. The Bertz CT molecular complexity index is 1180. The van der Waals surface area contributed by atoms with Crippen molar-refractivity contribution in [2.45, 2.75) is 70.9 Å². The van der Waals surface area contributed by atoms with Crippen LogP contribution in [0.5, 0.6) is 5.75 Å². The Labute approximate surface area is 233 Å². The highest BCUT2D eigenvalue weighted by Gasteiger charge is 2.37. The molecule has 9 heteroatoms. The molecule has 2 saturated heterocycles. The number of carboxylic acids is 1. The lowest BCUT2D eigenvalue weighted by atomic mass is 9.97. The summed E-state index contributed by atoms with van der Waals surface area (Å²) in [4.78, 5) is 28.1. The van der Waals surface area contributed by atoms with Gasteiger partial charge >= 0.3 is 5.97 Å². The fraction of sp³-hybridized carbons (Fsp3) is 0.533. The van der Waals surface area contributed by atoms with Crippen molar-refractivity contribution in [2.24, 2.45) is 5.92 Å². The zero-order valence-electron chi connectivity index (χ0n) is 22.6. The number of halogens is 3. The van der Waals surface area contributed by atoms with Crippen molar-refractivity contribution in [3.63, 3.8) is 0 Å². The van der Waals surface area contributed by atoms with Gasteiger partial charge in [-0.2, -0.15) is 0 Å². The number of aliphatic carboxylic acids is 1. The molecule has 0 spiro atoms. The lowest BCUT2D eigenvalue weighted by molar-refractivity contribution is -0.141. The van der Waals surface area contributed by atoms with Crippen LogP contribution in [-0.4, -0.2) is 59.1 Å². The third-order valence-corrected chi connectivity index (χ3v) is 8.02. The number of nitrogens with zero attached hydrogens (tertiary/aromatic N) is 2. The summed E-state index contributed by atoms with van der Waals surface area (Å²) in [6, 6.07) is 6.88. The standard InChI is InChI=1S/C28H31ClF2N2O4.C2H6/c29-22-6-3-18(12-24(22)31)15-32-10-7-17(8-11-32)16-37-26-14-23(30)21(13-20(26)19-4-5-19)27(34)33-9-1-2-25(33)28(35)36;1-2/h3,6,12-14,17,19,25H,1-2,4-5,7-11,15-16H2,(H,35,36);1-2H3. The highest BCUT2D eigenvalue weighted by Crippen LogP contribution is 2.45. The van der Waals surface area contributed by atoms with Crippen LogP contribution in [0.1, 0.15) is 79.8 Å². The van der Waals surface area contributed by atoms with E-state index in [2.05, 4.69) is 4.90 Å². The molecule has 3 aliphatic rings. The smallest absolute Gasteiger partial charge is 0.326 e. The first-order valence-electron chi connectivity index (χ1n) is 14.0. The number of amides is 1. The van der Waals surface area contributed by atoms with Crippen molar-refractivity contribution in [3.05, 3.63) is 63.7 Å². The molecule has 1 unspecified atom stereocenters. The minimum absolute atomic E-state index is 0.0747. The number of piperidine rings is 1. The van der Waals surface area contributed by atoms with Crippen molar-refractivity contribution >= 4 is 23.5 Å². The zero-order chi connectivity index (χ0) is 28.1. The molecule has 2 heterocycles. The van der Waals surface area contributed by atoms with Gasteiger partial charge in [0.15, 0.2) is 0 Å². The maximum Gasteiger partial charge on any atom is 0.326 e. The topological polar surface area (TPSA) is 70.1 Å². The van der Waals surface area contributed by atoms with E-state index in [4.69, 9.17) is 16.3 Å². The van der Waals surface area contributed by atoms with Gasteiger partial charge in [-0.3, -0.25) is 9.69 Å². The summed E-state index contributed by atoms with van der Waals surface area (Å²) in [7, 11) is 0. The van der Waals surface area contributed by atoms with Crippen LogP contribution in [0.4, 0.5) is 8.78 Å². The van der Waals surface area contributed by atoms with Crippen molar-refractivity contribution < 1.29 is 28.2 Å². The zero-order valence-corrected chi connectivity index (χ0v) is 23.4. The largest absolute Gasteiger partial charge is 0.493 e. The third-order valence-electron chi connectivity index (χ3n) is 7.72. The van der Waals surface area contributed by atoms with Crippen LogP contribution < -0.4 is 4.74 Å². The number of carboxylic acid groups (broad SMARTS) is 1. The lowest BCUT2D eigenvalue weighted by Gasteiger charge is -2.32. The Hall–Kier alpha value is -2.71. The summed E-state index contributed by atoms with van der Waals surface area (Å²) in [5.74, 6) is -1.68. The van der Waals surface area contributed by atoms with E-state index in [1.54, 1.807) is 12.1 Å². The SMILES string of the molecule is CC.O=C(O)C1CCCN1C(=O)c1cc(C2CC2)c(OCC2CCN(Cc3ccc(Cl)c(F)c3)CC2)cc1F. The van der Waals surface area contributed by atoms with Crippen molar-refractivity contribution in [3.8, 4) is 5.75 Å². The molecule has 212 valence electrons. The van der Waals surface area contributed by atoms with Crippen molar-refractivity contribution in [1.82, 2.24) is 9.80 Å². The number of rotatable bonds is 8. The number of benzene rings is 2. The van der Waals surface area contributed by atoms with Crippen molar-refractivity contribution in [2.75, 3.05) is 26.2 Å². The van der Waals surface area contributed by atoms with Gasteiger partial charge in [0.05, 0.1) is 17.2 Å². The number of carbonyl (C=O) groups is 2. The fourth-order valence-corrected chi connectivity index (χ4v) is 5.53. The fourth-order valence-electron chi connectivity index (χ4n) is 5.41. The number of carbonyl (C=O) groups excluding carboxylic acids is 1. The van der Waals surface area contributed by atoms with Crippen LogP contribution >= 0.6 is 11.6 Å². The van der Waals surface area contributed by atoms with Gasteiger partial charge in [0.2, 0.25) is 0 Å². The molecule has 1 N–H and O–H groups in total. The van der Waals surface area contributed by atoms with Crippen molar-refractivity contribution in [1.29, 1.82) is 0 Å². The molecular formula is C30H37ClF2N2O4. The van der Waals surface area contributed by atoms with Gasteiger partial charge in [-0.25, -0.2) is 13.6 Å². The van der Waals surface area contributed by atoms with E-state index in [0.29, 0.717) is 44.2 Å². The maximum atomic E-state index is 15.1. The first-order chi connectivity index (χ1) is 18.8. The highest BCUT2D eigenvalue weighted by atomic mass is 35.5. The normalized spacial score (nSPS) is 19.9. The second-order valence-electron chi connectivity index (χ2n) is 10.4. The van der Waals surface area contributed by atoms with Crippen LogP contribution in [-0.2, 0) is 11.3 Å². The molecule has 5 rings (SSSR count). The van der Waals surface area contributed by atoms with E-state index in [0.717, 1.165) is 49.9 Å². The average molecular weight is 563 g/mol. The van der Waals surface area contributed by atoms with Gasteiger partial charge in [0.25, 0.3) is 5.91 Å². The van der Waals surface area contributed by atoms with E-state index in [9.17, 15) is 19.1 Å². The Morgan fingerprint density at radius 3 is 2.36 bits per heavy atom. The Balaban J connectivity index is 0.00000172. The molecule has 39 heavy (non-hydrogen) atoms. The van der Waals surface area contributed by atoms with Crippen LogP contribution in [0, 0.1) is 17.6 Å². The van der Waals surface area contributed by atoms with Crippen LogP contribution in [0.15, 0.2) is 30.3 Å². The van der Waals surface area contributed by atoms with E-state index >= 15 is 4.39 Å². The number of likely N-dealkylation sites (tertiary alicyclic amines) is 2.